The molecule has 1 atom stereocenters. The number of ether oxygens (including phenoxy) is 1. The zero-order valence-corrected chi connectivity index (χ0v) is 22.2. The van der Waals surface area contributed by atoms with E-state index in [0.717, 1.165) is 37.3 Å². The van der Waals surface area contributed by atoms with Gasteiger partial charge in [0.1, 0.15) is 5.60 Å². The lowest BCUT2D eigenvalue weighted by Gasteiger charge is -2.23. The molecule has 2 rings (SSSR count). The number of hydrogen-bond acceptors (Lipinski definition) is 4. The maximum atomic E-state index is 12.1. The van der Waals surface area contributed by atoms with Gasteiger partial charge in [-0.2, -0.15) is 0 Å². The van der Waals surface area contributed by atoms with Crippen molar-refractivity contribution in [3.63, 3.8) is 0 Å². The monoisotopic (exact) mass is 559 g/mol. The summed E-state index contributed by atoms with van der Waals surface area (Å²) < 4.78 is 5.34. The third-order valence-electron chi connectivity index (χ3n) is 4.90. The Hall–Kier alpha value is -2.04. The molecule has 0 aromatic heterocycles. The molecule has 0 bridgehead atoms. The third-order valence-corrected chi connectivity index (χ3v) is 4.90. The Bertz CT molecular complexity index is 762. The Morgan fingerprint density at radius 3 is 2.47 bits per heavy atom. The molecule has 0 saturated carbocycles. The number of amides is 2. The zero-order chi connectivity index (χ0) is 22.9. The first-order chi connectivity index (χ1) is 14.7. The highest BCUT2D eigenvalue weighted by Crippen LogP contribution is 2.12. The van der Waals surface area contributed by atoms with Crippen LogP contribution in [0.15, 0.2) is 29.3 Å². The van der Waals surface area contributed by atoms with Crippen molar-refractivity contribution in [1.29, 1.82) is 0 Å². The molecule has 180 valence electrons. The second kappa shape index (κ2) is 13.5. The van der Waals surface area contributed by atoms with Crippen LogP contribution in [0.3, 0.4) is 0 Å². The van der Waals surface area contributed by atoms with E-state index in [1.165, 1.54) is 0 Å². The number of halogens is 1. The smallest absolute Gasteiger partial charge is 0.407 e. The predicted molar refractivity (Wildman–Crippen MR) is 139 cm³/mol. The number of hydrogen-bond donors (Lipinski definition) is 3. The minimum absolute atomic E-state index is 0. The van der Waals surface area contributed by atoms with Gasteiger partial charge in [0.25, 0.3) is 5.91 Å². The van der Waals surface area contributed by atoms with Gasteiger partial charge in [0.15, 0.2) is 5.96 Å². The van der Waals surface area contributed by atoms with E-state index in [-0.39, 0.29) is 42.0 Å². The van der Waals surface area contributed by atoms with Gasteiger partial charge in [-0.05, 0) is 51.3 Å². The molecular formula is C23H38IN5O3. The van der Waals surface area contributed by atoms with Gasteiger partial charge in [-0.3, -0.25) is 9.79 Å². The third kappa shape index (κ3) is 9.62. The van der Waals surface area contributed by atoms with Crippen molar-refractivity contribution >= 4 is 41.9 Å². The number of guanidine groups is 1. The molecule has 0 spiro atoms. The Balaban J connectivity index is 0.00000512. The van der Waals surface area contributed by atoms with Gasteiger partial charge >= 0.3 is 6.09 Å². The SMILES string of the molecule is CCCCNC(=O)c1ccc(CNC(=NC)N2CCC(NC(=O)OC(C)(C)C)C2)cc1.I. The first-order valence-electron chi connectivity index (χ1n) is 11.0. The number of likely N-dealkylation sites (tertiary alicyclic amines) is 1. The Labute approximate surface area is 209 Å². The lowest BCUT2D eigenvalue weighted by molar-refractivity contribution is 0.0507. The van der Waals surface area contributed by atoms with Gasteiger partial charge in [0.2, 0.25) is 0 Å². The molecule has 1 aromatic carbocycles. The summed E-state index contributed by atoms with van der Waals surface area (Å²) in [6.07, 6.45) is 2.49. The number of alkyl carbamates (subject to hydrolysis) is 1. The first kappa shape index (κ1) is 28.0. The van der Waals surface area contributed by atoms with Crippen molar-refractivity contribution < 1.29 is 14.3 Å². The summed E-state index contributed by atoms with van der Waals surface area (Å²) in [6.45, 7) is 10.4. The van der Waals surface area contributed by atoms with E-state index >= 15 is 0 Å². The van der Waals surface area contributed by atoms with Crippen LogP contribution in [0.2, 0.25) is 0 Å². The summed E-state index contributed by atoms with van der Waals surface area (Å²) in [4.78, 5) is 30.6. The molecule has 0 aliphatic carbocycles. The van der Waals surface area contributed by atoms with Crippen molar-refractivity contribution in [2.45, 2.75) is 65.1 Å². The van der Waals surface area contributed by atoms with Gasteiger partial charge in [-0.15, -0.1) is 24.0 Å². The molecule has 1 aliphatic rings. The van der Waals surface area contributed by atoms with Crippen LogP contribution in [0.5, 0.6) is 0 Å². The van der Waals surface area contributed by atoms with Crippen LogP contribution in [0.1, 0.15) is 62.9 Å². The summed E-state index contributed by atoms with van der Waals surface area (Å²) in [5.41, 5.74) is 1.22. The second-order valence-electron chi connectivity index (χ2n) is 8.78. The molecule has 3 N–H and O–H groups in total. The molecule has 9 heteroatoms. The van der Waals surface area contributed by atoms with Crippen LogP contribution in [-0.4, -0.2) is 61.2 Å². The van der Waals surface area contributed by atoms with E-state index in [0.29, 0.717) is 25.2 Å². The number of rotatable bonds is 7. The molecule has 1 unspecified atom stereocenters. The quantitative estimate of drug-likeness (QED) is 0.206. The van der Waals surface area contributed by atoms with Gasteiger partial charge < -0.3 is 25.6 Å². The molecule has 1 saturated heterocycles. The van der Waals surface area contributed by atoms with Crippen molar-refractivity contribution in [2.24, 2.45) is 4.99 Å². The van der Waals surface area contributed by atoms with Crippen LogP contribution < -0.4 is 16.0 Å². The highest BCUT2D eigenvalue weighted by Gasteiger charge is 2.27. The lowest BCUT2D eigenvalue weighted by Crippen LogP contribution is -2.44. The molecule has 2 amide bonds. The topological polar surface area (TPSA) is 95.1 Å². The molecule has 1 fully saturated rings. The molecule has 1 aromatic rings. The van der Waals surface area contributed by atoms with Gasteiger partial charge in [0.05, 0.1) is 6.04 Å². The first-order valence-corrected chi connectivity index (χ1v) is 11.0. The van der Waals surface area contributed by atoms with Crippen molar-refractivity contribution in [2.75, 3.05) is 26.7 Å². The van der Waals surface area contributed by atoms with Crippen molar-refractivity contribution in [3.8, 4) is 0 Å². The fourth-order valence-corrected chi connectivity index (χ4v) is 3.31. The summed E-state index contributed by atoms with van der Waals surface area (Å²) in [6, 6.07) is 7.62. The minimum Gasteiger partial charge on any atom is -0.444 e. The van der Waals surface area contributed by atoms with Crippen LogP contribution in [-0.2, 0) is 11.3 Å². The molecule has 32 heavy (non-hydrogen) atoms. The highest BCUT2D eigenvalue weighted by molar-refractivity contribution is 14.0. The molecule has 1 heterocycles. The predicted octanol–water partition coefficient (Wildman–Crippen LogP) is 3.51. The Kier molecular flexibility index (Phi) is 11.8. The molecular weight excluding hydrogens is 521 g/mol. The van der Waals surface area contributed by atoms with E-state index in [2.05, 4.69) is 32.8 Å². The fraction of sp³-hybridized carbons (Fsp3) is 0.609. The largest absolute Gasteiger partial charge is 0.444 e. The normalized spacial score (nSPS) is 16.2. The zero-order valence-electron chi connectivity index (χ0n) is 19.9. The number of nitrogens with one attached hydrogen (secondary N) is 3. The lowest BCUT2D eigenvalue weighted by atomic mass is 10.1. The molecule has 0 radical (unpaired) electrons. The van der Waals surface area contributed by atoms with Crippen LogP contribution in [0, 0.1) is 0 Å². The standard InChI is InChI=1S/C23H37N5O3.HI/c1-6-7-13-25-20(29)18-10-8-17(9-11-18)15-26-21(24-5)28-14-12-19(16-28)27-22(30)31-23(2,3)4;/h8-11,19H,6-7,12-16H2,1-5H3,(H,24,26)(H,25,29)(H,27,30);1H. The van der Waals surface area contributed by atoms with Crippen molar-refractivity contribution in [1.82, 2.24) is 20.9 Å². The number of aliphatic imine (C=N–C) groups is 1. The summed E-state index contributed by atoms with van der Waals surface area (Å²) in [5, 5.41) is 9.22. The Morgan fingerprint density at radius 2 is 1.88 bits per heavy atom. The van der Waals surface area contributed by atoms with Crippen LogP contribution in [0.4, 0.5) is 4.79 Å². The number of benzene rings is 1. The maximum Gasteiger partial charge on any atom is 0.407 e. The molecule has 1 aliphatic heterocycles. The number of nitrogens with zero attached hydrogens (tertiary/aromatic N) is 2. The highest BCUT2D eigenvalue weighted by atomic mass is 127. The van der Waals surface area contributed by atoms with Gasteiger partial charge in [-0.1, -0.05) is 25.5 Å². The van der Waals surface area contributed by atoms with Gasteiger partial charge in [0, 0.05) is 38.8 Å². The second-order valence-corrected chi connectivity index (χ2v) is 8.78. The van der Waals surface area contributed by atoms with Gasteiger partial charge in [-0.25, -0.2) is 4.79 Å². The van der Waals surface area contributed by atoms with Crippen LogP contribution >= 0.6 is 24.0 Å². The van der Waals surface area contributed by atoms with Crippen molar-refractivity contribution in [3.05, 3.63) is 35.4 Å². The molecule has 8 nitrogen and oxygen atoms in total. The minimum atomic E-state index is -0.508. The number of carbonyl (C=O) groups is 2. The van der Waals surface area contributed by atoms with E-state index in [1.54, 1.807) is 7.05 Å². The fourth-order valence-electron chi connectivity index (χ4n) is 3.31. The van der Waals surface area contributed by atoms with E-state index in [4.69, 9.17) is 4.74 Å². The maximum absolute atomic E-state index is 12.1. The van der Waals surface area contributed by atoms with Crippen LogP contribution in [0.25, 0.3) is 0 Å². The van der Waals surface area contributed by atoms with E-state index < -0.39 is 5.60 Å². The average Bonchev–Trinajstić information content (AvgIpc) is 3.15. The number of carbonyl (C=O) groups excluding carboxylic acids is 2. The number of unbranched alkanes of at least 4 members (excludes halogenated alkanes) is 1. The Morgan fingerprint density at radius 1 is 1.19 bits per heavy atom. The average molecular weight is 559 g/mol. The summed E-state index contributed by atoms with van der Waals surface area (Å²) in [5.74, 6) is 0.749. The van der Waals surface area contributed by atoms with E-state index in [9.17, 15) is 9.59 Å². The van der Waals surface area contributed by atoms with E-state index in [1.807, 2.05) is 45.0 Å². The summed E-state index contributed by atoms with van der Waals surface area (Å²) in [7, 11) is 1.75. The summed E-state index contributed by atoms with van der Waals surface area (Å²) >= 11 is 0.